The number of aliphatic hydroxyl groups is 1. The van der Waals surface area contributed by atoms with Crippen LogP contribution in [0.5, 0.6) is 0 Å². The van der Waals surface area contributed by atoms with Crippen molar-refractivity contribution < 1.29 is 9.90 Å². The van der Waals surface area contributed by atoms with Crippen molar-refractivity contribution in [1.82, 2.24) is 19.2 Å². The Hall–Kier alpha value is -2.25. The number of nitrogens with zero attached hydrogens (tertiary/aromatic N) is 4. The lowest BCUT2D eigenvalue weighted by Gasteiger charge is -2.38. The number of rotatable bonds is 4. The fourth-order valence-corrected chi connectivity index (χ4v) is 3.86. The minimum Gasteiger partial charge on any atom is -0.396 e. The molecule has 2 aromatic rings. The summed E-state index contributed by atoms with van der Waals surface area (Å²) in [5, 5.41) is 9.62. The molecule has 0 saturated carbocycles. The molecular formula is C19H26N4O3. The van der Waals surface area contributed by atoms with Gasteiger partial charge < -0.3 is 14.9 Å². The lowest BCUT2D eigenvalue weighted by Crippen LogP contribution is -2.48. The van der Waals surface area contributed by atoms with Crippen molar-refractivity contribution in [3.8, 4) is 0 Å². The molecule has 0 aliphatic carbocycles. The zero-order chi connectivity index (χ0) is 18.8. The van der Waals surface area contributed by atoms with Crippen LogP contribution in [0.1, 0.15) is 22.5 Å². The molecule has 0 unspecified atom stereocenters. The summed E-state index contributed by atoms with van der Waals surface area (Å²) in [5.74, 6) is 0.00960. The van der Waals surface area contributed by atoms with Gasteiger partial charge in [0.1, 0.15) is 11.2 Å². The average molecular weight is 358 g/mol. The van der Waals surface area contributed by atoms with Gasteiger partial charge in [-0.2, -0.15) is 0 Å². The Kier molecular flexibility index (Phi) is 5.38. The molecule has 1 aliphatic rings. The first-order chi connectivity index (χ1) is 12.4. The van der Waals surface area contributed by atoms with Crippen LogP contribution >= 0.6 is 0 Å². The van der Waals surface area contributed by atoms with Crippen molar-refractivity contribution in [3.63, 3.8) is 0 Å². The molecule has 3 rings (SSSR count). The summed E-state index contributed by atoms with van der Waals surface area (Å²) in [4.78, 5) is 34.0. The van der Waals surface area contributed by atoms with Gasteiger partial charge in [-0.3, -0.25) is 14.0 Å². The van der Waals surface area contributed by atoms with Gasteiger partial charge >= 0.3 is 0 Å². The van der Waals surface area contributed by atoms with Gasteiger partial charge in [-0.15, -0.1) is 0 Å². The van der Waals surface area contributed by atoms with Gasteiger partial charge in [0.15, 0.2) is 0 Å². The Morgan fingerprint density at radius 2 is 2.04 bits per heavy atom. The van der Waals surface area contributed by atoms with Gasteiger partial charge in [-0.1, -0.05) is 6.07 Å². The molecule has 1 amide bonds. The molecule has 7 heteroatoms. The summed E-state index contributed by atoms with van der Waals surface area (Å²) in [6, 6.07) is 5.40. The number of carbonyl (C=O) groups is 1. The lowest BCUT2D eigenvalue weighted by molar-refractivity contribution is 0.0475. The predicted molar refractivity (Wildman–Crippen MR) is 99.3 cm³/mol. The Balaban J connectivity index is 1.93. The third-order valence-electron chi connectivity index (χ3n) is 4.95. The maximum Gasteiger partial charge on any atom is 0.270 e. The zero-order valence-corrected chi connectivity index (χ0v) is 15.6. The van der Waals surface area contributed by atoms with E-state index in [-0.39, 0.29) is 35.5 Å². The van der Waals surface area contributed by atoms with E-state index in [1.54, 1.807) is 11.0 Å². The van der Waals surface area contributed by atoms with Crippen LogP contribution < -0.4 is 5.56 Å². The van der Waals surface area contributed by atoms with Crippen LogP contribution in [-0.2, 0) is 0 Å². The van der Waals surface area contributed by atoms with E-state index in [0.717, 1.165) is 18.7 Å². The maximum atomic E-state index is 13.0. The van der Waals surface area contributed by atoms with Gasteiger partial charge in [-0.25, -0.2) is 4.98 Å². The number of aromatic nitrogens is 2. The summed E-state index contributed by atoms with van der Waals surface area (Å²) in [6.07, 6.45) is 2.26. The predicted octanol–water partition coefficient (Wildman–Crippen LogP) is 0.635. The number of piperidine rings is 1. The molecule has 0 radical (unpaired) electrons. The fourth-order valence-electron chi connectivity index (χ4n) is 3.86. The molecule has 140 valence electrons. The second-order valence-electron chi connectivity index (χ2n) is 7.46. The summed E-state index contributed by atoms with van der Waals surface area (Å²) in [6.45, 7) is 3.76. The van der Waals surface area contributed by atoms with Crippen LogP contribution in [0.25, 0.3) is 5.65 Å². The van der Waals surface area contributed by atoms with Gasteiger partial charge in [0.05, 0.1) is 0 Å². The number of hydrogen-bond acceptors (Lipinski definition) is 5. The SMILES string of the molecule is Cc1cccc2ncc(C(=O)N3C[C@@H](CO)C[C@@H](CN(C)C)C3)c(=O)n12. The van der Waals surface area contributed by atoms with E-state index in [2.05, 4.69) is 9.88 Å². The van der Waals surface area contributed by atoms with Crippen molar-refractivity contribution in [2.24, 2.45) is 11.8 Å². The number of pyridine rings is 1. The van der Waals surface area contributed by atoms with E-state index < -0.39 is 0 Å². The van der Waals surface area contributed by atoms with Crippen molar-refractivity contribution in [1.29, 1.82) is 0 Å². The third-order valence-corrected chi connectivity index (χ3v) is 4.95. The van der Waals surface area contributed by atoms with Crippen LogP contribution in [0.3, 0.4) is 0 Å². The monoisotopic (exact) mass is 358 g/mol. The molecule has 2 aromatic heterocycles. The highest BCUT2D eigenvalue weighted by Crippen LogP contribution is 2.23. The highest BCUT2D eigenvalue weighted by molar-refractivity contribution is 5.93. The molecule has 1 saturated heterocycles. The van der Waals surface area contributed by atoms with Crippen molar-refractivity contribution in [2.45, 2.75) is 13.3 Å². The molecule has 2 atom stereocenters. The van der Waals surface area contributed by atoms with Crippen molar-refractivity contribution in [2.75, 3.05) is 40.3 Å². The fraction of sp³-hybridized carbons (Fsp3) is 0.526. The van der Waals surface area contributed by atoms with Crippen molar-refractivity contribution >= 4 is 11.6 Å². The Labute approximate surface area is 152 Å². The molecule has 3 heterocycles. The van der Waals surface area contributed by atoms with E-state index >= 15 is 0 Å². The zero-order valence-electron chi connectivity index (χ0n) is 15.6. The number of amides is 1. The summed E-state index contributed by atoms with van der Waals surface area (Å²) >= 11 is 0. The number of likely N-dealkylation sites (tertiary alicyclic amines) is 1. The first-order valence-electron chi connectivity index (χ1n) is 8.93. The van der Waals surface area contributed by atoms with Gasteiger partial charge in [-0.05, 0) is 51.4 Å². The molecule has 7 nitrogen and oxygen atoms in total. The Bertz CT molecular complexity index is 861. The van der Waals surface area contributed by atoms with Gasteiger partial charge in [0.25, 0.3) is 11.5 Å². The number of carbonyl (C=O) groups excluding carboxylic acids is 1. The van der Waals surface area contributed by atoms with Crippen molar-refractivity contribution in [3.05, 3.63) is 46.0 Å². The maximum absolute atomic E-state index is 13.0. The highest BCUT2D eigenvalue weighted by atomic mass is 16.3. The van der Waals surface area contributed by atoms with Crippen LogP contribution in [-0.4, -0.2) is 70.5 Å². The summed E-state index contributed by atoms with van der Waals surface area (Å²) < 4.78 is 1.47. The summed E-state index contributed by atoms with van der Waals surface area (Å²) in [7, 11) is 3.99. The largest absolute Gasteiger partial charge is 0.396 e. The Morgan fingerprint density at radius 3 is 2.73 bits per heavy atom. The van der Waals surface area contributed by atoms with E-state index in [1.807, 2.05) is 33.2 Å². The Morgan fingerprint density at radius 1 is 1.31 bits per heavy atom. The summed E-state index contributed by atoms with van der Waals surface area (Å²) in [5.41, 5.74) is 1.02. The molecule has 1 fully saturated rings. The second kappa shape index (κ2) is 7.55. The van der Waals surface area contributed by atoms with E-state index in [9.17, 15) is 14.7 Å². The topological polar surface area (TPSA) is 78.2 Å². The first-order valence-corrected chi connectivity index (χ1v) is 8.93. The molecular weight excluding hydrogens is 332 g/mol. The number of fused-ring (bicyclic) bond motifs is 1. The minimum absolute atomic E-state index is 0.0376. The van der Waals surface area contributed by atoms with Crippen LogP contribution in [0.2, 0.25) is 0 Å². The highest BCUT2D eigenvalue weighted by Gasteiger charge is 2.31. The molecule has 26 heavy (non-hydrogen) atoms. The van der Waals surface area contributed by atoms with Gasteiger partial charge in [0, 0.05) is 38.1 Å². The van der Waals surface area contributed by atoms with Gasteiger partial charge in [0.2, 0.25) is 0 Å². The number of aliphatic hydroxyl groups excluding tert-OH is 1. The third kappa shape index (κ3) is 3.64. The quantitative estimate of drug-likeness (QED) is 0.868. The van der Waals surface area contributed by atoms with Crippen LogP contribution in [0.15, 0.2) is 29.2 Å². The number of aryl methyl sites for hydroxylation is 1. The van der Waals surface area contributed by atoms with Crippen LogP contribution in [0, 0.1) is 18.8 Å². The first kappa shape index (κ1) is 18.5. The smallest absolute Gasteiger partial charge is 0.270 e. The lowest BCUT2D eigenvalue weighted by atomic mass is 9.89. The second-order valence-corrected chi connectivity index (χ2v) is 7.46. The van der Waals surface area contributed by atoms with E-state index in [0.29, 0.717) is 18.7 Å². The van der Waals surface area contributed by atoms with E-state index in [4.69, 9.17) is 0 Å². The standard InChI is InChI=1S/C19H26N4O3/c1-13-5-4-6-17-20-8-16(19(26)23(13)17)18(25)22-10-14(9-21(2)3)7-15(11-22)12-24/h4-6,8,14-15,24H,7,9-12H2,1-3H3/t14-,15-/m0/s1. The molecule has 0 aromatic carbocycles. The van der Waals surface area contributed by atoms with Crippen LogP contribution in [0.4, 0.5) is 0 Å². The normalized spacial score (nSPS) is 20.7. The number of hydrogen-bond donors (Lipinski definition) is 1. The molecule has 1 N–H and O–H groups in total. The van der Waals surface area contributed by atoms with E-state index in [1.165, 1.54) is 10.6 Å². The average Bonchev–Trinajstić information content (AvgIpc) is 2.60. The molecule has 1 aliphatic heterocycles. The molecule has 0 spiro atoms. The minimum atomic E-state index is -0.339. The molecule has 0 bridgehead atoms.